The molecule has 0 fully saturated rings. The van der Waals surface area contributed by atoms with Crippen molar-refractivity contribution in [1.29, 1.82) is 0 Å². The van der Waals surface area contributed by atoms with Crippen LogP contribution in [0.25, 0.3) is 0 Å². The van der Waals surface area contributed by atoms with Crippen LogP contribution in [0.15, 0.2) is 54.7 Å². The van der Waals surface area contributed by atoms with E-state index in [1.165, 1.54) is 18.3 Å². The fraction of sp³-hybridized carbons (Fsp3) is 0.0500. The van der Waals surface area contributed by atoms with Crippen LogP contribution >= 0.6 is 34.8 Å². The number of aryl methyl sites for hydroxylation is 1. The topological polar surface area (TPSA) is 80.3 Å². The Morgan fingerprint density at radius 3 is 2.28 bits per heavy atom. The lowest BCUT2D eigenvalue weighted by molar-refractivity contribution is 0.0967. The van der Waals surface area contributed by atoms with Crippen LogP contribution in [0, 0.1) is 6.92 Å². The summed E-state index contributed by atoms with van der Waals surface area (Å²) >= 11 is 17.8. The third-order valence-electron chi connectivity index (χ3n) is 3.73. The number of hydrogen-bond acceptors (Lipinski definition) is 4. The normalized spacial score (nSPS) is 10.3. The first-order chi connectivity index (χ1) is 13.8. The Labute approximate surface area is 181 Å². The highest BCUT2D eigenvalue weighted by atomic mass is 35.5. The summed E-state index contributed by atoms with van der Waals surface area (Å²) in [6, 6.07) is 12.4. The van der Waals surface area contributed by atoms with E-state index in [1.54, 1.807) is 43.3 Å². The molecular formula is C20H14Cl3N3O3. The number of carbonyl (C=O) groups is 2. The minimum Gasteiger partial charge on any atom is -0.439 e. The number of aromatic nitrogens is 1. The van der Waals surface area contributed by atoms with Crippen molar-refractivity contribution in [3.8, 4) is 11.6 Å². The lowest BCUT2D eigenvalue weighted by atomic mass is 10.2. The molecule has 0 unspecified atom stereocenters. The molecule has 148 valence electrons. The van der Waals surface area contributed by atoms with Crippen LogP contribution in [0.3, 0.4) is 0 Å². The highest BCUT2D eigenvalue weighted by Crippen LogP contribution is 2.26. The monoisotopic (exact) mass is 449 g/mol. The number of benzene rings is 2. The van der Waals surface area contributed by atoms with Gasteiger partial charge in [-0.1, -0.05) is 40.9 Å². The summed E-state index contributed by atoms with van der Waals surface area (Å²) in [5.74, 6) is 0.230. The van der Waals surface area contributed by atoms with E-state index in [9.17, 15) is 9.59 Å². The van der Waals surface area contributed by atoms with Crippen molar-refractivity contribution in [2.45, 2.75) is 6.92 Å². The highest BCUT2D eigenvalue weighted by molar-refractivity contribution is 6.40. The fourth-order valence-corrected chi connectivity index (χ4v) is 3.09. The SMILES string of the molecule is Cc1cc(NC(=O)NC(=O)c2c(Cl)cccc2Cl)cnc1Oc1ccc(Cl)cc1. The molecule has 2 aromatic carbocycles. The first-order valence-corrected chi connectivity index (χ1v) is 9.43. The average molecular weight is 451 g/mol. The summed E-state index contributed by atoms with van der Waals surface area (Å²) in [6.45, 7) is 1.77. The van der Waals surface area contributed by atoms with Crippen LogP contribution in [-0.4, -0.2) is 16.9 Å². The number of nitrogens with zero attached hydrogens (tertiary/aromatic N) is 1. The van der Waals surface area contributed by atoms with Crippen molar-refractivity contribution >= 4 is 52.4 Å². The first kappa shape index (κ1) is 20.9. The Morgan fingerprint density at radius 1 is 1.00 bits per heavy atom. The fourth-order valence-electron chi connectivity index (χ4n) is 2.39. The summed E-state index contributed by atoms with van der Waals surface area (Å²) in [5.41, 5.74) is 1.08. The number of ether oxygens (including phenoxy) is 1. The number of anilines is 1. The first-order valence-electron chi connectivity index (χ1n) is 8.30. The minimum absolute atomic E-state index is 0.0204. The highest BCUT2D eigenvalue weighted by Gasteiger charge is 2.17. The smallest absolute Gasteiger partial charge is 0.326 e. The van der Waals surface area contributed by atoms with Gasteiger partial charge in [0.05, 0.1) is 27.5 Å². The van der Waals surface area contributed by atoms with Crippen molar-refractivity contribution in [3.63, 3.8) is 0 Å². The van der Waals surface area contributed by atoms with Crippen molar-refractivity contribution in [2.75, 3.05) is 5.32 Å². The second-order valence-electron chi connectivity index (χ2n) is 5.91. The van der Waals surface area contributed by atoms with E-state index in [1.807, 2.05) is 0 Å². The molecule has 0 radical (unpaired) electrons. The number of carbonyl (C=O) groups excluding carboxylic acids is 2. The van der Waals surface area contributed by atoms with Gasteiger partial charge in [0.25, 0.3) is 5.91 Å². The summed E-state index contributed by atoms with van der Waals surface area (Å²) in [4.78, 5) is 28.6. The van der Waals surface area contributed by atoms with Gasteiger partial charge in [-0.15, -0.1) is 0 Å². The molecule has 6 nitrogen and oxygen atoms in total. The number of rotatable bonds is 4. The Balaban J connectivity index is 1.65. The number of amides is 3. The standard InChI is InChI=1S/C20H14Cl3N3O3/c1-11-9-13(10-24-19(11)29-14-7-5-12(21)6-8-14)25-20(28)26-18(27)17-15(22)3-2-4-16(17)23/h2-10H,1H3,(H2,25,26,27,28). The molecule has 0 aliphatic heterocycles. The van der Waals surface area contributed by atoms with E-state index >= 15 is 0 Å². The zero-order chi connectivity index (χ0) is 21.0. The lowest BCUT2D eigenvalue weighted by Crippen LogP contribution is -2.34. The van der Waals surface area contributed by atoms with Crippen LogP contribution in [0.1, 0.15) is 15.9 Å². The number of hydrogen-bond donors (Lipinski definition) is 2. The van der Waals surface area contributed by atoms with Crippen LogP contribution in [0.2, 0.25) is 15.1 Å². The maximum Gasteiger partial charge on any atom is 0.326 e. The Bertz CT molecular complexity index is 1050. The van der Waals surface area contributed by atoms with E-state index in [2.05, 4.69) is 15.6 Å². The van der Waals surface area contributed by atoms with Gasteiger partial charge < -0.3 is 10.1 Å². The number of nitrogens with one attached hydrogen (secondary N) is 2. The zero-order valence-electron chi connectivity index (χ0n) is 15.0. The molecular weight excluding hydrogens is 437 g/mol. The van der Waals surface area contributed by atoms with Gasteiger partial charge >= 0.3 is 6.03 Å². The van der Waals surface area contributed by atoms with Gasteiger partial charge in [0.15, 0.2) is 0 Å². The van der Waals surface area contributed by atoms with Gasteiger partial charge in [-0.05, 0) is 49.4 Å². The van der Waals surface area contributed by atoms with Crippen molar-refractivity contribution in [2.24, 2.45) is 0 Å². The Hall–Kier alpha value is -2.80. The van der Waals surface area contributed by atoms with E-state index in [-0.39, 0.29) is 15.6 Å². The van der Waals surface area contributed by atoms with Gasteiger partial charge in [-0.25, -0.2) is 9.78 Å². The molecule has 1 aromatic heterocycles. The number of pyridine rings is 1. The van der Waals surface area contributed by atoms with Crippen LogP contribution in [0.4, 0.5) is 10.5 Å². The molecule has 0 aliphatic carbocycles. The molecule has 0 saturated carbocycles. The molecule has 1 heterocycles. The second kappa shape index (κ2) is 9.13. The quantitative estimate of drug-likeness (QED) is 0.503. The Morgan fingerprint density at radius 2 is 1.66 bits per heavy atom. The van der Waals surface area contributed by atoms with Crippen molar-refractivity contribution < 1.29 is 14.3 Å². The van der Waals surface area contributed by atoms with Crippen molar-refractivity contribution in [3.05, 3.63) is 80.9 Å². The Kier molecular flexibility index (Phi) is 6.59. The molecule has 0 atom stereocenters. The largest absolute Gasteiger partial charge is 0.439 e. The molecule has 3 amide bonds. The molecule has 0 spiro atoms. The zero-order valence-corrected chi connectivity index (χ0v) is 17.3. The van der Waals surface area contributed by atoms with E-state index in [0.717, 1.165) is 0 Å². The maximum absolute atomic E-state index is 12.2. The summed E-state index contributed by atoms with van der Waals surface area (Å²) in [6.07, 6.45) is 1.41. The predicted octanol–water partition coefficient (Wildman–Crippen LogP) is 6.10. The third kappa shape index (κ3) is 5.38. The van der Waals surface area contributed by atoms with Gasteiger partial charge in [-0.3, -0.25) is 10.1 Å². The molecule has 9 heteroatoms. The number of urea groups is 1. The van der Waals surface area contributed by atoms with Gasteiger partial charge in [0.2, 0.25) is 5.88 Å². The van der Waals surface area contributed by atoms with Gasteiger partial charge in [0, 0.05) is 10.6 Å². The molecule has 0 saturated heterocycles. The maximum atomic E-state index is 12.2. The van der Waals surface area contributed by atoms with E-state index in [0.29, 0.717) is 27.9 Å². The summed E-state index contributed by atoms with van der Waals surface area (Å²) in [7, 11) is 0. The third-order valence-corrected chi connectivity index (χ3v) is 4.62. The molecule has 0 bridgehead atoms. The van der Waals surface area contributed by atoms with Gasteiger partial charge in [0.1, 0.15) is 5.75 Å². The van der Waals surface area contributed by atoms with Crippen LogP contribution in [-0.2, 0) is 0 Å². The van der Waals surface area contributed by atoms with Crippen LogP contribution < -0.4 is 15.4 Å². The molecule has 29 heavy (non-hydrogen) atoms. The minimum atomic E-state index is -0.751. The number of imide groups is 1. The van der Waals surface area contributed by atoms with Crippen molar-refractivity contribution in [1.82, 2.24) is 10.3 Å². The van der Waals surface area contributed by atoms with E-state index < -0.39 is 11.9 Å². The van der Waals surface area contributed by atoms with Gasteiger partial charge in [-0.2, -0.15) is 0 Å². The van der Waals surface area contributed by atoms with Crippen LogP contribution in [0.5, 0.6) is 11.6 Å². The molecule has 0 aliphatic rings. The predicted molar refractivity (Wildman–Crippen MR) is 113 cm³/mol. The summed E-state index contributed by atoms with van der Waals surface area (Å²) < 4.78 is 5.69. The number of halogens is 3. The lowest BCUT2D eigenvalue weighted by Gasteiger charge is -2.11. The molecule has 2 N–H and O–H groups in total. The molecule has 3 aromatic rings. The average Bonchev–Trinajstić information content (AvgIpc) is 2.65. The molecule has 3 rings (SSSR count). The second-order valence-corrected chi connectivity index (χ2v) is 7.16. The summed E-state index contributed by atoms with van der Waals surface area (Å²) in [5, 5.41) is 5.59. The van der Waals surface area contributed by atoms with E-state index in [4.69, 9.17) is 39.5 Å².